The lowest BCUT2D eigenvalue weighted by Gasteiger charge is -2.09. The normalized spacial score (nSPS) is 10.2. The number of nitrogens with zero attached hydrogens (tertiary/aromatic N) is 1. The summed E-state index contributed by atoms with van der Waals surface area (Å²) in [7, 11) is 1.49. The molecule has 142 valence electrons. The number of methoxy groups -OCH3 is 1. The Balaban J connectivity index is 1.75. The third-order valence-electron chi connectivity index (χ3n) is 3.79. The lowest BCUT2D eigenvalue weighted by molar-refractivity contribution is 0.102. The van der Waals surface area contributed by atoms with Crippen LogP contribution in [0.25, 0.3) is 0 Å². The van der Waals surface area contributed by atoms with Gasteiger partial charge in [0.25, 0.3) is 11.8 Å². The highest BCUT2D eigenvalue weighted by Gasteiger charge is 2.14. The van der Waals surface area contributed by atoms with Crippen LogP contribution >= 0.6 is 11.6 Å². The molecule has 8 heteroatoms. The van der Waals surface area contributed by atoms with E-state index in [0.29, 0.717) is 16.5 Å². The van der Waals surface area contributed by atoms with Crippen LogP contribution in [-0.2, 0) is 0 Å². The van der Waals surface area contributed by atoms with E-state index in [1.807, 2.05) is 0 Å². The number of carbonyl (C=O) groups is 2. The molecule has 6 nitrogen and oxygen atoms in total. The van der Waals surface area contributed by atoms with Crippen LogP contribution in [0, 0.1) is 5.82 Å². The first-order valence-corrected chi connectivity index (χ1v) is 8.52. The molecule has 28 heavy (non-hydrogen) atoms. The quantitative estimate of drug-likeness (QED) is 0.667. The lowest BCUT2D eigenvalue weighted by Crippen LogP contribution is -2.17. The van der Waals surface area contributed by atoms with Gasteiger partial charge in [0.15, 0.2) is 0 Å². The Labute approximate surface area is 165 Å². The molecule has 0 saturated carbocycles. The molecule has 0 aliphatic rings. The van der Waals surface area contributed by atoms with Crippen molar-refractivity contribution in [2.45, 2.75) is 0 Å². The fourth-order valence-corrected chi connectivity index (χ4v) is 2.65. The topological polar surface area (TPSA) is 80.3 Å². The zero-order chi connectivity index (χ0) is 20.1. The molecule has 3 rings (SSSR count). The third-order valence-corrected chi connectivity index (χ3v) is 4.08. The summed E-state index contributed by atoms with van der Waals surface area (Å²) in [5.74, 6) is -1.17. The summed E-state index contributed by atoms with van der Waals surface area (Å²) < 4.78 is 18.7. The van der Waals surface area contributed by atoms with Crippen LogP contribution in [0.2, 0.25) is 5.02 Å². The van der Waals surface area contributed by atoms with Crippen molar-refractivity contribution >= 4 is 34.8 Å². The van der Waals surface area contributed by atoms with E-state index < -0.39 is 17.6 Å². The molecule has 2 amide bonds. The van der Waals surface area contributed by atoms with Gasteiger partial charge in [-0.3, -0.25) is 14.6 Å². The van der Waals surface area contributed by atoms with Crippen LogP contribution < -0.4 is 15.4 Å². The molecule has 0 aliphatic carbocycles. The summed E-state index contributed by atoms with van der Waals surface area (Å²) in [6.45, 7) is 0. The van der Waals surface area contributed by atoms with Gasteiger partial charge in [0, 0.05) is 17.4 Å². The first-order valence-electron chi connectivity index (χ1n) is 8.15. The van der Waals surface area contributed by atoms with Gasteiger partial charge in [-0.15, -0.1) is 0 Å². The highest BCUT2D eigenvalue weighted by molar-refractivity contribution is 6.32. The smallest absolute Gasteiger partial charge is 0.274 e. The molecule has 1 aromatic heterocycles. The van der Waals surface area contributed by atoms with Crippen LogP contribution in [0.1, 0.15) is 20.8 Å². The molecule has 0 spiro atoms. The number of rotatable bonds is 5. The average Bonchev–Trinajstić information content (AvgIpc) is 2.70. The molecule has 0 fully saturated rings. The summed E-state index contributed by atoms with van der Waals surface area (Å²) in [6.07, 6.45) is 1.33. The first kappa shape index (κ1) is 19.3. The number of aromatic nitrogens is 1. The number of ether oxygens (including phenoxy) is 1. The molecule has 2 aromatic carbocycles. The van der Waals surface area contributed by atoms with Crippen molar-refractivity contribution in [1.82, 2.24) is 4.98 Å². The molecular formula is C20H15ClFN3O3. The van der Waals surface area contributed by atoms with Crippen LogP contribution in [0.5, 0.6) is 5.75 Å². The second kappa shape index (κ2) is 8.49. The van der Waals surface area contributed by atoms with Crippen LogP contribution in [-0.4, -0.2) is 23.9 Å². The third kappa shape index (κ3) is 4.44. The zero-order valence-corrected chi connectivity index (χ0v) is 15.5. The fraction of sp³-hybridized carbons (Fsp3) is 0.0500. The van der Waals surface area contributed by atoms with Gasteiger partial charge in [0.2, 0.25) is 0 Å². The molecule has 0 atom stereocenters. The molecule has 0 aliphatic heterocycles. The number of nitrogens with one attached hydrogen (secondary N) is 2. The van der Waals surface area contributed by atoms with E-state index in [1.54, 1.807) is 24.3 Å². The largest absolute Gasteiger partial charge is 0.495 e. The van der Waals surface area contributed by atoms with Gasteiger partial charge >= 0.3 is 0 Å². The molecule has 0 radical (unpaired) electrons. The number of benzene rings is 2. The van der Waals surface area contributed by atoms with E-state index in [1.165, 1.54) is 43.6 Å². The van der Waals surface area contributed by atoms with Gasteiger partial charge in [0.05, 0.1) is 17.8 Å². The monoisotopic (exact) mass is 399 g/mol. The average molecular weight is 400 g/mol. The Hall–Kier alpha value is -3.45. The van der Waals surface area contributed by atoms with E-state index in [4.69, 9.17) is 16.3 Å². The minimum atomic E-state index is -0.632. The number of pyridine rings is 1. The molecule has 3 aromatic rings. The van der Waals surface area contributed by atoms with Crippen LogP contribution in [0.3, 0.4) is 0 Å². The van der Waals surface area contributed by atoms with E-state index >= 15 is 0 Å². The zero-order valence-electron chi connectivity index (χ0n) is 14.7. The Morgan fingerprint density at radius 3 is 2.54 bits per heavy atom. The van der Waals surface area contributed by atoms with Crippen molar-refractivity contribution in [2.75, 3.05) is 17.7 Å². The summed E-state index contributed by atoms with van der Waals surface area (Å²) in [4.78, 5) is 28.7. The van der Waals surface area contributed by atoms with Crippen molar-refractivity contribution in [1.29, 1.82) is 0 Å². The fourth-order valence-electron chi connectivity index (χ4n) is 2.39. The van der Waals surface area contributed by atoms with E-state index in [0.717, 1.165) is 0 Å². The predicted molar refractivity (Wildman–Crippen MR) is 105 cm³/mol. The molecule has 0 unspecified atom stereocenters. The SMILES string of the molecule is COc1ccc(NC(=O)c2ccnc(C(=O)Nc3ccccc3F)c2)cc1Cl. The number of para-hydroxylation sites is 1. The second-order valence-corrected chi connectivity index (χ2v) is 6.07. The summed E-state index contributed by atoms with van der Waals surface area (Å²) >= 11 is 6.05. The van der Waals surface area contributed by atoms with Crippen LogP contribution in [0.4, 0.5) is 15.8 Å². The minimum Gasteiger partial charge on any atom is -0.495 e. The van der Waals surface area contributed by atoms with Crippen molar-refractivity contribution in [3.63, 3.8) is 0 Å². The van der Waals surface area contributed by atoms with E-state index in [-0.39, 0.29) is 16.9 Å². The molecule has 0 saturated heterocycles. The van der Waals surface area contributed by atoms with Gasteiger partial charge in [-0.2, -0.15) is 0 Å². The number of anilines is 2. The van der Waals surface area contributed by atoms with Gasteiger partial charge in [-0.05, 0) is 42.5 Å². The maximum atomic E-state index is 13.7. The highest BCUT2D eigenvalue weighted by atomic mass is 35.5. The number of carbonyl (C=O) groups excluding carboxylic acids is 2. The van der Waals surface area contributed by atoms with Crippen molar-refractivity contribution in [3.05, 3.63) is 82.9 Å². The summed E-state index contributed by atoms with van der Waals surface area (Å²) in [5, 5.41) is 5.45. The van der Waals surface area contributed by atoms with Gasteiger partial charge < -0.3 is 15.4 Å². The van der Waals surface area contributed by atoms with Crippen molar-refractivity contribution in [3.8, 4) is 5.75 Å². The maximum absolute atomic E-state index is 13.7. The molecular weight excluding hydrogens is 385 g/mol. The van der Waals surface area contributed by atoms with Crippen molar-refractivity contribution in [2.24, 2.45) is 0 Å². The Morgan fingerprint density at radius 2 is 1.82 bits per heavy atom. The second-order valence-electron chi connectivity index (χ2n) is 5.67. The molecule has 1 heterocycles. The maximum Gasteiger partial charge on any atom is 0.274 e. The summed E-state index contributed by atoms with van der Waals surface area (Å²) in [5.41, 5.74) is 0.672. The molecule has 2 N–H and O–H groups in total. The Bertz CT molecular complexity index is 1040. The lowest BCUT2D eigenvalue weighted by atomic mass is 10.2. The number of amides is 2. The van der Waals surface area contributed by atoms with Gasteiger partial charge in [-0.25, -0.2) is 4.39 Å². The van der Waals surface area contributed by atoms with Gasteiger partial charge in [0.1, 0.15) is 17.3 Å². The summed E-state index contributed by atoms with van der Waals surface area (Å²) in [6, 6.07) is 13.3. The van der Waals surface area contributed by atoms with E-state index in [9.17, 15) is 14.0 Å². The predicted octanol–water partition coefficient (Wildman–Crippen LogP) is 4.39. The number of hydrogen-bond donors (Lipinski definition) is 2. The number of halogens is 2. The number of hydrogen-bond acceptors (Lipinski definition) is 4. The standard InChI is InChI=1S/C20H15ClFN3O3/c1-28-18-7-6-13(11-14(18)21)24-19(26)12-8-9-23-17(10-12)20(27)25-16-5-3-2-4-15(16)22/h2-11H,1H3,(H,24,26)(H,25,27). The Kier molecular flexibility index (Phi) is 5.86. The van der Waals surface area contributed by atoms with E-state index in [2.05, 4.69) is 15.6 Å². The first-order chi connectivity index (χ1) is 13.5. The molecule has 0 bridgehead atoms. The Morgan fingerprint density at radius 1 is 1.04 bits per heavy atom. The van der Waals surface area contributed by atoms with Crippen LogP contribution in [0.15, 0.2) is 60.8 Å². The highest BCUT2D eigenvalue weighted by Crippen LogP contribution is 2.27. The van der Waals surface area contributed by atoms with Crippen molar-refractivity contribution < 1.29 is 18.7 Å². The van der Waals surface area contributed by atoms with Gasteiger partial charge in [-0.1, -0.05) is 23.7 Å². The minimum absolute atomic E-state index is 0.0244.